The number of pyridine rings is 1. The van der Waals surface area contributed by atoms with E-state index in [0.29, 0.717) is 22.6 Å². The number of aromatic nitrogens is 1. The molecular formula is C18H23FN4O2. The summed E-state index contributed by atoms with van der Waals surface area (Å²) in [6.07, 6.45) is 0.983. The highest BCUT2D eigenvalue weighted by Crippen LogP contribution is 2.31. The van der Waals surface area contributed by atoms with Gasteiger partial charge in [-0.15, -0.1) is 0 Å². The third-order valence-electron chi connectivity index (χ3n) is 3.42. The fourth-order valence-corrected chi connectivity index (χ4v) is 2.32. The highest BCUT2D eigenvalue weighted by molar-refractivity contribution is 5.84. The summed E-state index contributed by atoms with van der Waals surface area (Å²) in [6, 6.07) is 6.56. The van der Waals surface area contributed by atoms with Crippen molar-refractivity contribution in [1.29, 1.82) is 0 Å². The predicted octanol–water partition coefficient (Wildman–Crippen LogP) is 3.54. The number of nitrogens with zero attached hydrogens (tertiary/aromatic N) is 1. The molecule has 1 aromatic carbocycles. The van der Waals surface area contributed by atoms with Crippen LogP contribution >= 0.6 is 0 Å². The number of carbonyl (C=O) groups excluding carboxylic acids is 1. The van der Waals surface area contributed by atoms with Gasteiger partial charge in [0.05, 0.1) is 5.69 Å². The molecule has 0 fully saturated rings. The van der Waals surface area contributed by atoms with E-state index in [1.165, 1.54) is 6.07 Å². The van der Waals surface area contributed by atoms with E-state index in [4.69, 9.17) is 10.5 Å². The first-order valence-corrected chi connectivity index (χ1v) is 7.89. The van der Waals surface area contributed by atoms with Crippen molar-refractivity contribution in [2.24, 2.45) is 0 Å². The van der Waals surface area contributed by atoms with E-state index in [1.54, 1.807) is 52.2 Å². The Morgan fingerprint density at radius 1 is 1.32 bits per heavy atom. The first kappa shape index (κ1) is 18.5. The highest BCUT2D eigenvalue weighted by atomic mass is 19.1. The third-order valence-corrected chi connectivity index (χ3v) is 3.42. The first-order valence-electron chi connectivity index (χ1n) is 7.89. The number of nitrogens with one attached hydrogen (secondary N) is 2. The molecule has 1 heterocycles. The largest absolute Gasteiger partial charge is 0.444 e. The normalized spacial score (nSPS) is 11.1. The number of amides is 1. The molecule has 0 saturated heterocycles. The lowest BCUT2D eigenvalue weighted by Gasteiger charge is -2.19. The minimum Gasteiger partial charge on any atom is -0.444 e. The highest BCUT2D eigenvalue weighted by Gasteiger charge is 2.16. The molecule has 0 aliphatic rings. The van der Waals surface area contributed by atoms with Gasteiger partial charge in [-0.05, 0) is 38.5 Å². The number of anilines is 2. The van der Waals surface area contributed by atoms with Gasteiger partial charge in [-0.3, -0.25) is 0 Å². The Labute approximate surface area is 146 Å². The maximum atomic E-state index is 14.4. The molecule has 0 spiro atoms. The molecule has 0 radical (unpaired) electrons. The van der Waals surface area contributed by atoms with Crippen molar-refractivity contribution in [1.82, 2.24) is 10.3 Å². The summed E-state index contributed by atoms with van der Waals surface area (Å²) in [7, 11) is 1.73. The van der Waals surface area contributed by atoms with E-state index < -0.39 is 17.5 Å². The van der Waals surface area contributed by atoms with Gasteiger partial charge in [0.25, 0.3) is 0 Å². The quantitative estimate of drug-likeness (QED) is 0.788. The van der Waals surface area contributed by atoms with Crippen molar-refractivity contribution in [3.05, 3.63) is 41.8 Å². The number of ether oxygens (including phenoxy) is 1. The van der Waals surface area contributed by atoms with E-state index in [-0.39, 0.29) is 6.54 Å². The van der Waals surface area contributed by atoms with Crippen molar-refractivity contribution >= 4 is 17.6 Å². The fraction of sp³-hybridized carbons (Fsp3) is 0.333. The number of hydrogen-bond donors (Lipinski definition) is 3. The lowest BCUT2D eigenvalue weighted by Crippen LogP contribution is -2.32. The van der Waals surface area contributed by atoms with Gasteiger partial charge >= 0.3 is 6.09 Å². The Hall–Kier alpha value is -2.83. The van der Waals surface area contributed by atoms with E-state index >= 15 is 0 Å². The van der Waals surface area contributed by atoms with Crippen LogP contribution in [0.25, 0.3) is 11.1 Å². The molecule has 1 aromatic heterocycles. The minimum absolute atomic E-state index is 0.0401. The summed E-state index contributed by atoms with van der Waals surface area (Å²) in [5, 5.41) is 5.52. The Kier molecular flexibility index (Phi) is 5.46. The number of hydrogen-bond acceptors (Lipinski definition) is 5. The zero-order valence-electron chi connectivity index (χ0n) is 14.8. The zero-order chi connectivity index (χ0) is 18.6. The number of halogens is 1. The number of benzene rings is 1. The third kappa shape index (κ3) is 4.82. The molecule has 0 atom stereocenters. The molecular weight excluding hydrogens is 323 g/mol. The molecule has 134 valence electrons. The van der Waals surface area contributed by atoms with Crippen molar-refractivity contribution in [2.45, 2.75) is 32.9 Å². The Morgan fingerprint density at radius 3 is 2.64 bits per heavy atom. The van der Waals surface area contributed by atoms with E-state index in [0.717, 1.165) is 5.56 Å². The Morgan fingerprint density at radius 2 is 2.04 bits per heavy atom. The Bertz CT molecular complexity index is 772. The maximum absolute atomic E-state index is 14.4. The van der Waals surface area contributed by atoms with Gasteiger partial charge in [0.2, 0.25) is 0 Å². The van der Waals surface area contributed by atoms with Crippen molar-refractivity contribution in [3.63, 3.8) is 0 Å². The lowest BCUT2D eigenvalue weighted by molar-refractivity contribution is 0.0523. The molecule has 2 rings (SSSR count). The average Bonchev–Trinajstić information content (AvgIpc) is 2.51. The number of nitrogens with two attached hydrogens (primary N) is 1. The first-order chi connectivity index (χ1) is 11.7. The van der Waals surface area contributed by atoms with Crippen molar-refractivity contribution < 1.29 is 13.9 Å². The molecule has 2 aromatic rings. The van der Waals surface area contributed by atoms with Gasteiger partial charge in [0, 0.05) is 30.9 Å². The second-order valence-electron chi connectivity index (χ2n) is 6.53. The van der Waals surface area contributed by atoms with Gasteiger partial charge in [-0.1, -0.05) is 12.1 Å². The molecule has 0 bridgehead atoms. The minimum atomic E-state index is -0.600. The van der Waals surface area contributed by atoms with Gasteiger partial charge in [0.15, 0.2) is 0 Å². The molecule has 4 N–H and O–H groups in total. The van der Waals surface area contributed by atoms with Crippen LogP contribution in [-0.4, -0.2) is 23.7 Å². The van der Waals surface area contributed by atoms with Crippen LogP contribution in [0.4, 0.5) is 20.7 Å². The summed E-state index contributed by atoms with van der Waals surface area (Å²) >= 11 is 0. The molecule has 0 unspecified atom stereocenters. The summed E-state index contributed by atoms with van der Waals surface area (Å²) in [5.41, 5.74) is 7.66. The molecule has 0 saturated carbocycles. The SMILES string of the molecule is CNc1c(-c2ccc(CNC(=O)OC(C)(C)C)c(F)c2)ccnc1N. The molecule has 25 heavy (non-hydrogen) atoms. The number of alkyl carbamates (subject to hydrolysis) is 1. The predicted molar refractivity (Wildman–Crippen MR) is 96.7 cm³/mol. The van der Waals surface area contributed by atoms with Crippen LogP contribution in [0.3, 0.4) is 0 Å². The second-order valence-corrected chi connectivity index (χ2v) is 6.53. The van der Waals surface area contributed by atoms with Crippen LogP contribution in [-0.2, 0) is 11.3 Å². The zero-order valence-corrected chi connectivity index (χ0v) is 14.8. The number of rotatable bonds is 4. The average molecular weight is 346 g/mol. The van der Waals surface area contributed by atoms with Crippen molar-refractivity contribution in [2.75, 3.05) is 18.1 Å². The van der Waals surface area contributed by atoms with Crippen LogP contribution in [0.2, 0.25) is 0 Å². The lowest BCUT2D eigenvalue weighted by atomic mass is 10.0. The summed E-state index contributed by atoms with van der Waals surface area (Å²) < 4.78 is 19.5. The fourth-order valence-electron chi connectivity index (χ4n) is 2.32. The standard InChI is InChI=1S/C18H23FN4O2/c1-18(2,3)25-17(24)23-10-12-6-5-11(9-14(12)19)13-7-8-22-16(20)15(13)21-4/h5-9,21H,10H2,1-4H3,(H2,20,22)(H,23,24). The second kappa shape index (κ2) is 7.38. The monoisotopic (exact) mass is 346 g/mol. The van der Waals surface area contributed by atoms with Crippen LogP contribution in [0, 0.1) is 5.82 Å². The smallest absolute Gasteiger partial charge is 0.407 e. The van der Waals surface area contributed by atoms with Crippen LogP contribution in [0.5, 0.6) is 0 Å². The van der Waals surface area contributed by atoms with Gasteiger partial charge < -0.3 is 21.1 Å². The number of nitrogen functional groups attached to an aromatic ring is 1. The van der Waals surface area contributed by atoms with Crippen LogP contribution in [0.15, 0.2) is 30.5 Å². The van der Waals surface area contributed by atoms with Gasteiger partial charge in [0.1, 0.15) is 17.2 Å². The van der Waals surface area contributed by atoms with E-state index in [1.807, 2.05) is 0 Å². The summed E-state index contributed by atoms with van der Waals surface area (Å²) in [6.45, 7) is 5.34. The Balaban J connectivity index is 2.16. The molecule has 0 aliphatic carbocycles. The molecule has 7 heteroatoms. The van der Waals surface area contributed by atoms with Crippen LogP contribution in [0.1, 0.15) is 26.3 Å². The summed E-state index contributed by atoms with van der Waals surface area (Å²) in [5.74, 6) is -0.0814. The van der Waals surface area contributed by atoms with E-state index in [2.05, 4.69) is 15.6 Å². The summed E-state index contributed by atoms with van der Waals surface area (Å²) in [4.78, 5) is 15.7. The van der Waals surface area contributed by atoms with Gasteiger partial charge in [-0.2, -0.15) is 0 Å². The number of carbonyl (C=O) groups is 1. The molecule has 1 amide bonds. The topological polar surface area (TPSA) is 89.3 Å². The molecule has 6 nitrogen and oxygen atoms in total. The van der Waals surface area contributed by atoms with Crippen LogP contribution < -0.4 is 16.4 Å². The maximum Gasteiger partial charge on any atom is 0.407 e. The molecule has 0 aliphatic heterocycles. The van der Waals surface area contributed by atoms with E-state index in [9.17, 15) is 9.18 Å². The van der Waals surface area contributed by atoms with Crippen molar-refractivity contribution in [3.8, 4) is 11.1 Å². The van der Waals surface area contributed by atoms with Gasteiger partial charge in [-0.25, -0.2) is 14.2 Å².